The van der Waals surface area contributed by atoms with E-state index >= 15 is 0 Å². The Labute approximate surface area is 175 Å². The molecule has 0 aliphatic heterocycles. The number of ether oxygens (including phenoxy) is 1. The molecule has 0 aromatic carbocycles. The first-order valence-corrected chi connectivity index (χ1v) is 12.1. The van der Waals surface area contributed by atoms with Gasteiger partial charge in [-0.05, 0) is 13.3 Å². The van der Waals surface area contributed by atoms with Gasteiger partial charge in [-0.25, -0.2) is 0 Å². The zero-order valence-corrected chi connectivity index (χ0v) is 19.0. The molecule has 0 aliphatic carbocycles. The highest BCUT2D eigenvalue weighted by Crippen LogP contribution is 2.23. The number of hydrogen-bond acceptors (Lipinski definition) is 4. The number of hydrogen-bond donors (Lipinski definition) is 3. The zero-order valence-electron chi connectivity index (χ0n) is 19.0. The quantitative estimate of drug-likeness (QED) is 0.206. The largest absolute Gasteiger partial charge is 0.396 e. The van der Waals surface area contributed by atoms with Crippen LogP contribution < -0.4 is 0 Å². The minimum absolute atomic E-state index is 0.264. The molecule has 0 spiro atoms. The molecule has 0 amide bonds. The summed E-state index contributed by atoms with van der Waals surface area (Å²) in [6.45, 7) is 3.92. The van der Waals surface area contributed by atoms with Crippen molar-refractivity contribution in [3.8, 4) is 0 Å². The second-order valence-corrected chi connectivity index (χ2v) is 8.65. The lowest BCUT2D eigenvalue weighted by atomic mass is 9.85. The number of unbranched alkanes of at least 4 members (excludes halogenated alkanes) is 15. The Balaban J connectivity index is 3.32. The summed E-state index contributed by atoms with van der Waals surface area (Å²) in [4.78, 5) is 0. The predicted octanol–water partition coefficient (Wildman–Crippen LogP) is 5.62. The van der Waals surface area contributed by atoms with Crippen molar-refractivity contribution >= 4 is 0 Å². The van der Waals surface area contributed by atoms with Gasteiger partial charge in [0, 0.05) is 6.61 Å². The van der Waals surface area contributed by atoms with Gasteiger partial charge in [-0.15, -0.1) is 0 Å². The van der Waals surface area contributed by atoms with Gasteiger partial charge in [0.2, 0.25) is 0 Å². The van der Waals surface area contributed by atoms with Crippen LogP contribution in [0.15, 0.2) is 0 Å². The first-order chi connectivity index (χ1) is 13.7. The molecule has 170 valence electrons. The van der Waals surface area contributed by atoms with Crippen molar-refractivity contribution in [2.24, 2.45) is 5.41 Å². The molecular formula is C24H50O4. The molecule has 0 rings (SSSR count). The van der Waals surface area contributed by atoms with Crippen molar-refractivity contribution in [3.05, 3.63) is 0 Å². The second kappa shape index (κ2) is 20.1. The highest BCUT2D eigenvalue weighted by Gasteiger charge is 2.35. The third-order valence-electron chi connectivity index (χ3n) is 6.17. The first kappa shape index (κ1) is 27.8. The van der Waals surface area contributed by atoms with Gasteiger partial charge in [-0.3, -0.25) is 0 Å². The van der Waals surface area contributed by atoms with Crippen LogP contribution in [0.3, 0.4) is 0 Å². The predicted molar refractivity (Wildman–Crippen MR) is 119 cm³/mol. The Morgan fingerprint density at radius 2 is 0.893 bits per heavy atom. The molecule has 0 bridgehead atoms. The van der Waals surface area contributed by atoms with Crippen molar-refractivity contribution in [1.82, 2.24) is 0 Å². The van der Waals surface area contributed by atoms with E-state index < -0.39 is 5.41 Å². The molecular weight excluding hydrogens is 352 g/mol. The van der Waals surface area contributed by atoms with E-state index in [9.17, 15) is 15.3 Å². The number of aliphatic hydroxyl groups is 3. The molecule has 4 heteroatoms. The molecule has 0 aromatic rings. The maximum absolute atomic E-state index is 9.39. The maximum Gasteiger partial charge on any atom is 0.0669 e. The van der Waals surface area contributed by atoms with E-state index in [-0.39, 0.29) is 25.9 Å². The van der Waals surface area contributed by atoms with Crippen LogP contribution in [0.25, 0.3) is 0 Å². The summed E-state index contributed by atoms with van der Waals surface area (Å²) in [6, 6.07) is 0. The van der Waals surface area contributed by atoms with E-state index in [2.05, 4.69) is 6.92 Å². The van der Waals surface area contributed by atoms with Crippen LogP contribution in [0.2, 0.25) is 0 Å². The fourth-order valence-electron chi connectivity index (χ4n) is 3.62. The molecule has 0 aliphatic rings. The summed E-state index contributed by atoms with van der Waals surface area (Å²) in [6.07, 6.45) is 21.2. The maximum atomic E-state index is 9.39. The lowest BCUT2D eigenvalue weighted by molar-refractivity contribution is -0.106. The monoisotopic (exact) mass is 402 g/mol. The molecule has 0 saturated heterocycles. The van der Waals surface area contributed by atoms with E-state index in [1.807, 2.05) is 6.92 Å². The second-order valence-electron chi connectivity index (χ2n) is 8.65. The molecule has 0 radical (unpaired) electrons. The molecule has 3 N–H and O–H groups in total. The average molecular weight is 403 g/mol. The summed E-state index contributed by atoms with van der Waals surface area (Å²) >= 11 is 0. The van der Waals surface area contributed by atoms with Crippen LogP contribution in [0.4, 0.5) is 0 Å². The van der Waals surface area contributed by atoms with Gasteiger partial charge < -0.3 is 20.1 Å². The van der Waals surface area contributed by atoms with Gasteiger partial charge in [0.1, 0.15) is 0 Å². The zero-order chi connectivity index (χ0) is 20.9. The number of aliphatic hydroxyl groups excluding tert-OH is 3. The molecule has 28 heavy (non-hydrogen) atoms. The van der Waals surface area contributed by atoms with Crippen molar-refractivity contribution in [1.29, 1.82) is 0 Å². The summed E-state index contributed by atoms with van der Waals surface area (Å²) in [7, 11) is 0. The molecule has 0 heterocycles. The third kappa shape index (κ3) is 13.9. The van der Waals surface area contributed by atoms with Crippen LogP contribution in [0, 0.1) is 5.41 Å². The van der Waals surface area contributed by atoms with Crippen molar-refractivity contribution < 1.29 is 20.1 Å². The van der Waals surface area contributed by atoms with Crippen molar-refractivity contribution in [2.75, 3.05) is 26.4 Å². The van der Waals surface area contributed by atoms with Crippen molar-refractivity contribution in [3.63, 3.8) is 0 Å². The van der Waals surface area contributed by atoms with Gasteiger partial charge in [-0.1, -0.05) is 103 Å². The summed E-state index contributed by atoms with van der Waals surface area (Å²) < 4.78 is 5.72. The fourth-order valence-corrected chi connectivity index (χ4v) is 3.62. The Morgan fingerprint density at radius 3 is 1.21 bits per heavy atom. The minimum Gasteiger partial charge on any atom is -0.396 e. The molecule has 0 aromatic heterocycles. The lowest BCUT2D eigenvalue weighted by Crippen LogP contribution is -2.45. The standard InChI is InChI=1S/C24H50O4/c1-3-4-5-6-7-8-9-10-11-12-13-14-15-16-17-18-19-28-23(2)24(20-25,21-26)22-27/h23,25-27H,3-22H2,1-2H3. The molecule has 1 atom stereocenters. The molecule has 4 nitrogen and oxygen atoms in total. The van der Waals surface area contributed by atoms with Gasteiger partial charge in [0.05, 0.1) is 31.3 Å². The van der Waals surface area contributed by atoms with Crippen molar-refractivity contribution in [2.45, 2.75) is 123 Å². The van der Waals surface area contributed by atoms with Crippen LogP contribution in [0.1, 0.15) is 117 Å². The van der Waals surface area contributed by atoms with Gasteiger partial charge >= 0.3 is 0 Å². The van der Waals surface area contributed by atoms with E-state index in [0.29, 0.717) is 6.61 Å². The molecule has 0 fully saturated rings. The molecule has 1 unspecified atom stereocenters. The third-order valence-corrected chi connectivity index (χ3v) is 6.17. The van der Waals surface area contributed by atoms with E-state index in [1.54, 1.807) is 0 Å². The average Bonchev–Trinajstić information content (AvgIpc) is 2.72. The Hall–Kier alpha value is -0.160. The van der Waals surface area contributed by atoms with Gasteiger partial charge in [0.25, 0.3) is 0 Å². The highest BCUT2D eigenvalue weighted by atomic mass is 16.5. The SMILES string of the molecule is CCCCCCCCCCCCCCCCCCOC(C)C(CO)(CO)CO. The first-order valence-electron chi connectivity index (χ1n) is 12.1. The fraction of sp³-hybridized carbons (Fsp3) is 1.00. The Kier molecular flexibility index (Phi) is 20.0. The van der Waals surface area contributed by atoms with E-state index in [1.165, 1.54) is 89.9 Å². The van der Waals surface area contributed by atoms with E-state index in [0.717, 1.165) is 12.8 Å². The summed E-state index contributed by atoms with van der Waals surface area (Å²) in [5.74, 6) is 0. The summed E-state index contributed by atoms with van der Waals surface area (Å²) in [5.41, 5.74) is -0.935. The van der Waals surface area contributed by atoms with Gasteiger partial charge in [0.15, 0.2) is 0 Å². The summed E-state index contributed by atoms with van der Waals surface area (Å²) in [5, 5.41) is 28.2. The van der Waals surface area contributed by atoms with Crippen LogP contribution >= 0.6 is 0 Å². The minimum atomic E-state index is -0.935. The Bertz CT molecular complexity index is 297. The topological polar surface area (TPSA) is 69.9 Å². The van der Waals surface area contributed by atoms with E-state index in [4.69, 9.17) is 4.74 Å². The van der Waals surface area contributed by atoms with Gasteiger partial charge in [-0.2, -0.15) is 0 Å². The molecule has 0 saturated carbocycles. The smallest absolute Gasteiger partial charge is 0.0669 e. The van der Waals surface area contributed by atoms with Crippen LogP contribution in [0.5, 0.6) is 0 Å². The highest BCUT2D eigenvalue weighted by molar-refractivity contribution is 4.83. The normalized spacial score (nSPS) is 13.2. The lowest BCUT2D eigenvalue weighted by Gasteiger charge is -2.33. The van der Waals surface area contributed by atoms with Crippen LogP contribution in [-0.2, 0) is 4.74 Å². The number of rotatable bonds is 22. The van der Waals surface area contributed by atoms with Crippen LogP contribution in [-0.4, -0.2) is 47.9 Å². The Morgan fingerprint density at radius 1 is 0.571 bits per heavy atom.